The van der Waals surface area contributed by atoms with E-state index in [0.29, 0.717) is 32.2 Å². The lowest BCUT2D eigenvalue weighted by Gasteiger charge is -2.41. The van der Waals surface area contributed by atoms with Crippen LogP contribution in [0.3, 0.4) is 0 Å². The lowest BCUT2D eigenvalue weighted by atomic mass is 10.0. The van der Waals surface area contributed by atoms with E-state index in [2.05, 4.69) is 57.6 Å². The molecule has 17 heteroatoms. The number of amides is 3. The monoisotopic (exact) mass is 1650 g/mol. The lowest BCUT2D eigenvalue weighted by molar-refractivity contribution is -0.910. The van der Waals surface area contributed by atoms with Crippen molar-refractivity contribution in [1.82, 2.24) is 16.0 Å². The summed E-state index contributed by atoms with van der Waals surface area (Å²) in [6.07, 6.45) is 85.3. The Bertz CT molecular complexity index is 1860. The van der Waals surface area contributed by atoms with Crippen molar-refractivity contribution in [3.8, 4) is 0 Å². The van der Waals surface area contributed by atoms with Gasteiger partial charge < -0.3 is 64.4 Å². The van der Waals surface area contributed by atoms with Crippen LogP contribution in [0, 0.1) is 0 Å². The summed E-state index contributed by atoms with van der Waals surface area (Å²) < 4.78 is 22.0. The average molecular weight is 1650 g/mol. The van der Waals surface area contributed by atoms with Crippen molar-refractivity contribution in [2.24, 2.45) is 0 Å². The van der Waals surface area contributed by atoms with Crippen molar-refractivity contribution < 1.29 is 62.8 Å². The molecule has 0 unspecified atom stereocenters. The Balaban J connectivity index is 7.18. The first-order valence-electron chi connectivity index (χ1n) is 50.5. The van der Waals surface area contributed by atoms with E-state index in [1.165, 1.54) is 340 Å². The van der Waals surface area contributed by atoms with Gasteiger partial charge in [0.25, 0.3) is 0 Å². The quantitative estimate of drug-likeness (QED) is 0.0157. The van der Waals surface area contributed by atoms with Crippen LogP contribution in [0.5, 0.6) is 0 Å². The first kappa shape index (κ1) is 113. The smallest absolute Gasteiger partial charge is 0.394 e. The number of nitrogens with zero attached hydrogens (tertiary/aromatic N) is 1. The van der Waals surface area contributed by atoms with Crippen molar-refractivity contribution in [2.45, 2.75) is 526 Å². The molecule has 0 atom stereocenters. The molecule has 0 aromatic rings. The molecule has 0 rings (SSSR count). The molecule has 0 aliphatic carbocycles. The van der Waals surface area contributed by atoms with Crippen LogP contribution >= 0.6 is 0 Å². The minimum atomic E-state index is -4.44. The van der Waals surface area contributed by atoms with Crippen LogP contribution in [0.15, 0.2) is 0 Å². The van der Waals surface area contributed by atoms with Gasteiger partial charge in [0.2, 0.25) is 17.7 Å². The van der Waals surface area contributed by atoms with Gasteiger partial charge in [-0.05, 0) is 44.9 Å². The number of nitrogens with one attached hydrogen (secondary N) is 3. The third-order valence-corrected chi connectivity index (χ3v) is 27.8. The number of carbonyl (C=O) groups is 3. The Hall–Kier alpha value is -1.77. The fraction of sp³-hybridized carbons (Fsp3) is 0.969. The number of unbranched alkanes of at least 4 members (excludes halogenated alkanes) is 64. The van der Waals surface area contributed by atoms with Crippen LogP contribution < -0.4 is 16.0 Å². The second kappa shape index (κ2) is 83.1. The van der Waals surface area contributed by atoms with Crippen molar-refractivity contribution in [2.75, 3.05) is 86.1 Å². The molecular weight excluding hydrogens is 1450 g/mol. The van der Waals surface area contributed by atoms with Crippen LogP contribution in [0.1, 0.15) is 503 Å². The molecule has 686 valence electrons. The number of hydrogen-bond acceptors (Lipinski definition) is 12. The molecule has 0 fully saturated rings. The van der Waals surface area contributed by atoms with Crippen LogP contribution in [0.4, 0.5) is 0 Å². The summed E-state index contributed by atoms with van der Waals surface area (Å²) in [5, 5.41) is 77.0. The number of quaternary nitrogens is 1. The van der Waals surface area contributed by atoms with E-state index in [0.717, 1.165) is 101 Å². The molecule has 115 heavy (non-hydrogen) atoms. The van der Waals surface area contributed by atoms with Gasteiger partial charge in [0.05, 0.1) is 86.1 Å². The van der Waals surface area contributed by atoms with Crippen LogP contribution in [0.2, 0.25) is 6.04 Å². The maximum absolute atomic E-state index is 14.1. The highest BCUT2D eigenvalue weighted by Crippen LogP contribution is 2.29. The molecular formula is C98H199N4O12Si+. The Labute approximate surface area is 713 Å². The van der Waals surface area contributed by atoms with Crippen molar-refractivity contribution in [3.63, 3.8) is 0 Å². The summed E-state index contributed by atoms with van der Waals surface area (Å²) in [5.41, 5.74) is -5.11. The topological polar surface area (TPSA) is 236 Å². The predicted octanol–water partition coefficient (Wildman–Crippen LogP) is 24.5. The molecule has 0 radical (unpaired) electrons. The molecule has 0 heterocycles. The summed E-state index contributed by atoms with van der Waals surface area (Å²) in [5.74, 6) is -1.02. The summed E-state index contributed by atoms with van der Waals surface area (Å²) >= 11 is 0. The van der Waals surface area contributed by atoms with Crippen LogP contribution in [0.25, 0.3) is 0 Å². The molecule has 0 aromatic carbocycles. The van der Waals surface area contributed by atoms with E-state index in [4.69, 9.17) is 13.3 Å². The summed E-state index contributed by atoms with van der Waals surface area (Å²) in [7, 11) is -2.08. The third kappa shape index (κ3) is 68.4. The fourth-order valence-electron chi connectivity index (χ4n) is 16.6. The molecule has 3 amide bonds. The summed E-state index contributed by atoms with van der Waals surface area (Å²) in [6, 6.07) is 0.137. The first-order valence-corrected chi connectivity index (χ1v) is 52.4. The van der Waals surface area contributed by atoms with E-state index in [1.807, 2.05) is 0 Å². The van der Waals surface area contributed by atoms with Crippen LogP contribution in [-0.4, -0.2) is 164 Å². The van der Waals surface area contributed by atoms with Gasteiger partial charge in [0.15, 0.2) is 0 Å². The SMILES string of the molecule is CCCCCCCCCCCCCCCCCC(=O)NC(CO)(CO)CO[Si](CCC[N+](C)(CCCCCCCCCCCCCC)CCCCCCCCCCCCCC)(OCC(CO)(CO)NC(=O)CCCCCCCCCCCCCCCCC)OCC(CO)(CO)NC(=O)CCCCCCCCCCCCCCCCC. The van der Waals surface area contributed by atoms with Gasteiger partial charge in [-0.2, -0.15) is 0 Å². The van der Waals surface area contributed by atoms with Gasteiger partial charge in [-0.3, -0.25) is 14.4 Å². The largest absolute Gasteiger partial charge is 0.501 e. The Kier molecular flexibility index (Phi) is 81.9. The van der Waals surface area contributed by atoms with Gasteiger partial charge in [0, 0.05) is 31.7 Å². The average Bonchev–Trinajstić information content (AvgIpc) is 0.808. The molecule has 0 aliphatic rings. The predicted molar refractivity (Wildman–Crippen MR) is 490 cm³/mol. The highest BCUT2D eigenvalue weighted by molar-refractivity contribution is 6.60. The van der Waals surface area contributed by atoms with Gasteiger partial charge in [-0.1, -0.05) is 433 Å². The van der Waals surface area contributed by atoms with Crippen molar-refractivity contribution in [1.29, 1.82) is 0 Å². The van der Waals surface area contributed by atoms with E-state index < -0.39 is 84.9 Å². The standard InChI is InChI=1S/C98H198N4O12Si/c1-7-12-17-22-27-32-37-42-45-48-51-56-61-66-71-77-93(109)99-96(84-103,85-104)90-112-115(113-91-97(86-105,87-106)100-94(110)78-72-67-62-57-52-49-46-43-38-33-28-23-18-13-8-2,114-92-98(88-107,89-108)101-95(111)79-73-68-63-58-53-50-47-44-39-34-29-24-19-14-9-3)83-76-82-102(6,80-74-69-64-59-54-40-35-30-25-20-15-10-4)81-75-70-65-60-55-41-36-31-26-21-16-11-5/h103-108H,7-92H2,1-6H3,(H2-,99,100,101,109,110,111)/p+1. The molecule has 0 saturated heterocycles. The third-order valence-electron chi connectivity index (χ3n) is 25.0. The van der Waals surface area contributed by atoms with E-state index in [9.17, 15) is 45.0 Å². The number of rotatable bonds is 96. The van der Waals surface area contributed by atoms with Gasteiger partial charge >= 0.3 is 8.80 Å². The highest BCUT2D eigenvalue weighted by Gasteiger charge is 2.49. The second-order valence-corrected chi connectivity index (χ2v) is 39.5. The zero-order chi connectivity index (χ0) is 84.3. The maximum Gasteiger partial charge on any atom is 0.501 e. The molecule has 0 aromatic heterocycles. The Morgan fingerprint density at radius 3 is 0.548 bits per heavy atom. The molecule has 0 aliphatic heterocycles. The minimum Gasteiger partial charge on any atom is -0.394 e. The van der Waals surface area contributed by atoms with Gasteiger partial charge in [-0.15, -0.1) is 0 Å². The number of aliphatic hydroxyl groups is 6. The summed E-state index contributed by atoms with van der Waals surface area (Å²) in [6.45, 7) is 8.47. The summed E-state index contributed by atoms with van der Waals surface area (Å²) in [4.78, 5) is 42.2. The molecule has 0 bridgehead atoms. The zero-order valence-electron chi connectivity index (χ0n) is 77.4. The molecule has 0 spiro atoms. The molecule has 0 saturated carbocycles. The Morgan fingerprint density at radius 2 is 0.383 bits per heavy atom. The minimum absolute atomic E-state index is 0.137. The van der Waals surface area contributed by atoms with Crippen molar-refractivity contribution >= 4 is 26.5 Å². The van der Waals surface area contributed by atoms with Gasteiger partial charge in [-0.25, -0.2) is 0 Å². The lowest BCUT2D eigenvalue weighted by Crippen LogP contribution is -2.65. The number of carbonyl (C=O) groups excluding carboxylic acids is 3. The Morgan fingerprint density at radius 1 is 0.235 bits per heavy atom. The highest BCUT2D eigenvalue weighted by atomic mass is 28.4. The first-order chi connectivity index (χ1) is 56.2. The number of aliphatic hydroxyl groups excluding tert-OH is 6. The second-order valence-electron chi connectivity index (χ2n) is 36.8. The fourth-order valence-corrected chi connectivity index (χ4v) is 19.3. The molecule has 9 N–H and O–H groups in total. The van der Waals surface area contributed by atoms with Gasteiger partial charge in [0.1, 0.15) is 16.6 Å². The normalized spacial score (nSPS) is 12.4. The van der Waals surface area contributed by atoms with E-state index in [1.54, 1.807) is 0 Å². The molecule has 16 nitrogen and oxygen atoms in total. The van der Waals surface area contributed by atoms with Crippen LogP contribution in [-0.2, 0) is 27.7 Å². The van der Waals surface area contributed by atoms with Crippen molar-refractivity contribution in [3.05, 3.63) is 0 Å². The maximum atomic E-state index is 14.1. The van der Waals surface area contributed by atoms with E-state index in [-0.39, 0.29) is 43.0 Å². The number of hydrogen-bond donors (Lipinski definition) is 9. The zero-order valence-corrected chi connectivity index (χ0v) is 78.4. The van der Waals surface area contributed by atoms with E-state index >= 15 is 0 Å².